The fourth-order valence-corrected chi connectivity index (χ4v) is 3.81. The summed E-state index contributed by atoms with van der Waals surface area (Å²) in [6, 6.07) is 4.51. The molecule has 0 saturated heterocycles. The van der Waals surface area contributed by atoms with E-state index in [1.165, 1.54) is 26.0 Å². The van der Waals surface area contributed by atoms with Crippen LogP contribution in [0.2, 0.25) is 5.02 Å². The lowest BCUT2D eigenvalue weighted by Crippen LogP contribution is -2.24. The van der Waals surface area contributed by atoms with Crippen LogP contribution in [0.3, 0.4) is 0 Å². The highest BCUT2D eigenvalue weighted by molar-refractivity contribution is 7.95. The summed E-state index contributed by atoms with van der Waals surface area (Å²) in [6.45, 7) is 2.91. The highest BCUT2D eigenvalue weighted by Crippen LogP contribution is 2.46. The minimum atomic E-state index is -3.60. The van der Waals surface area contributed by atoms with Gasteiger partial charge in [-0.3, -0.25) is 4.79 Å². The predicted octanol–water partition coefficient (Wildman–Crippen LogP) is 2.58. The summed E-state index contributed by atoms with van der Waals surface area (Å²) < 4.78 is 23.9. The van der Waals surface area contributed by atoms with Crippen molar-refractivity contribution in [3.8, 4) is 0 Å². The number of fused-ring (bicyclic) bond motifs is 1. The lowest BCUT2D eigenvalue weighted by atomic mass is 9.81. The highest BCUT2D eigenvalue weighted by Gasteiger charge is 2.41. The number of halogens is 1. The van der Waals surface area contributed by atoms with Gasteiger partial charge in [0.05, 0.1) is 10.3 Å². The van der Waals surface area contributed by atoms with Crippen LogP contribution in [0.5, 0.6) is 0 Å². The predicted molar refractivity (Wildman–Crippen MR) is 68.0 cm³/mol. The molecule has 96 valence electrons. The third-order valence-electron chi connectivity index (χ3n) is 3.03. The van der Waals surface area contributed by atoms with Crippen LogP contribution >= 0.6 is 11.6 Å². The Bertz CT molecular complexity index is 671. The van der Waals surface area contributed by atoms with Crippen LogP contribution in [0.25, 0.3) is 5.57 Å². The van der Waals surface area contributed by atoms with Crippen molar-refractivity contribution in [2.45, 2.75) is 18.7 Å². The Morgan fingerprint density at radius 2 is 1.94 bits per heavy atom. The molecule has 0 aliphatic carbocycles. The standard InChI is InChI=1S/C12H11ClO4S/c1-12(2,11(14)15)7-6-18(16,17)9-5-3-4-8(13)10(7)9/h3-6H,1-2H3,(H,14,15). The largest absolute Gasteiger partial charge is 0.481 e. The van der Waals surface area contributed by atoms with Gasteiger partial charge in [-0.1, -0.05) is 17.7 Å². The monoisotopic (exact) mass is 286 g/mol. The van der Waals surface area contributed by atoms with E-state index in [-0.39, 0.29) is 15.5 Å². The lowest BCUT2D eigenvalue weighted by Gasteiger charge is -2.21. The summed E-state index contributed by atoms with van der Waals surface area (Å²) in [4.78, 5) is 11.3. The molecule has 18 heavy (non-hydrogen) atoms. The molecule has 2 rings (SSSR count). The van der Waals surface area contributed by atoms with Crippen molar-refractivity contribution in [1.29, 1.82) is 0 Å². The summed E-state index contributed by atoms with van der Waals surface area (Å²) in [5.41, 5.74) is -0.800. The molecular formula is C12H11ClO4S. The van der Waals surface area contributed by atoms with Crippen molar-refractivity contribution < 1.29 is 18.3 Å². The van der Waals surface area contributed by atoms with Crippen LogP contribution in [0.1, 0.15) is 19.4 Å². The first-order chi connectivity index (χ1) is 8.18. The van der Waals surface area contributed by atoms with Gasteiger partial charge in [0.1, 0.15) is 0 Å². The van der Waals surface area contributed by atoms with Crippen molar-refractivity contribution in [3.63, 3.8) is 0 Å². The van der Waals surface area contributed by atoms with Crippen LogP contribution in [0, 0.1) is 5.41 Å². The van der Waals surface area contributed by atoms with E-state index in [0.717, 1.165) is 5.41 Å². The number of sulfone groups is 1. The van der Waals surface area contributed by atoms with Gasteiger partial charge in [-0.05, 0) is 31.6 Å². The molecule has 0 unspecified atom stereocenters. The van der Waals surface area contributed by atoms with E-state index in [2.05, 4.69) is 0 Å². The van der Waals surface area contributed by atoms with Gasteiger partial charge < -0.3 is 5.11 Å². The van der Waals surface area contributed by atoms with Gasteiger partial charge >= 0.3 is 5.97 Å². The Balaban J connectivity index is 2.80. The molecular weight excluding hydrogens is 276 g/mol. The molecule has 0 atom stereocenters. The van der Waals surface area contributed by atoms with E-state index in [4.69, 9.17) is 11.6 Å². The third kappa shape index (κ3) is 1.74. The molecule has 0 aromatic heterocycles. The van der Waals surface area contributed by atoms with Crippen molar-refractivity contribution >= 4 is 33.0 Å². The minimum absolute atomic E-state index is 0.0688. The van der Waals surface area contributed by atoms with Gasteiger partial charge in [0.2, 0.25) is 9.84 Å². The van der Waals surface area contributed by atoms with Crippen LogP contribution in [-0.2, 0) is 14.6 Å². The van der Waals surface area contributed by atoms with Gasteiger partial charge in [0.15, 0.2) is 0 Å². The molecule has 0 bridgehead atoms. The number of benzene rings is 1. The molecule has 6 heteroatoms. The number of carboxylic acid groups (broad SMARTS) is 1. The number of hydrogen-bond acceptors (Lipinski definition) is 3. The molecule has 0 fully saturated rings. The molecule has 0 radical (unpaired) electrons. The van der Waals surface area contributed by atoms with Crippen molar-refractivity contribution in [2.75, 3.05) is 0 Å². The third-order valence-corrected chi connectivity index (χ3v) is 4.85. The van der Waals surface area contributed by atoms with Crippen molar-refractivity contribution in [2.24, 2.45) is 5.41 Å². The van der Waals surface area contributed by atoms with Gasteiger partial charge in [-0.25, -0.2) is 8.42 Å². The smallest absolute Gasteiger partial charge is 0.313 e. The fraction of sp³-hybridized carbons (Fsp3) is 0.250. The average Bonchev–Trinajstić information content (AvgIpc) is 2.53. The number of hydrogen-bond donors (Lipinski definition) is 1. The van der Waals surface area contributed by atoms with Crippen LogP contribution in [-0.4, -0.2) is 19.5 Å². The summed E-state index contributed by atoms with van der Waals surface area (Å²) in [5, 5.41) is 10.5. The Morgan fingerprint density at radius 1 is 1.33 bits per heavy atom. The Morgan fingerprint density at radius 3 is 2.50 bits per heavy atom. The van der Waals surface area contributed by atoms with Crippen LogP contribution < -0.4 is 0 Å². The van der Waals surface area contributed by atoms with Crippen molar-refractivity contribution in [3.05, 3.63) is 34.2 Å². The minimum Gasteiger partial charge on any atom is -0.481 e. The van der Waals surface area contributed by atoms with E-state index >= 15 is 0 Å². The molecule has 1 aliphatic heterocycles. The van der Waals surface area contributed by atoms with Gasteiger partial charge in [0.25, 0.3) is 0 Å². The fourth-order valence-electron chi connectivity index (χ4n) is 1.86. The Hall–Kier alpha value is -1.33. The average molecular weight is 287 g/mol. The quantitative estimate of drug-likeness (QED) is 0.907. The Kier molecular flexibility index (Phi) is 2.79. The zero-order valence-corrected chi connectivity index (χ0v) is 11.3. The first-order valence-electron chi connectivity index (χ1n) is 5.17. The SMILES string of the molecule is CC(C)(C(=O)O)C1=CS(=O)(=O)c2cccc(Cl)c21. The van der Waals surface area contributed by atoms with Crippen LogP contribution in [0.15, 0.2) is 28.5 Å². The van der Waals surface area contributed by atoms with E-state index < -0.39 is 21.2 Å². The van der Waals surface area contributed by atoms with Crippen LogP contribution in [0.4, 0.5) is 0 Å². The summed E-state index contributed by atoms with van der Waals surface area (Å²) in [6.07, 6.45) is 0. The first kappa shape index (κ1) is 13.1. The molecule has 1 heterocycles. The second-order valence-corrected chi connectivity index (χ2v) is 6.79. The van der Waals surface area contributed by atoms with E-state index in [1.807, 2.05) is 0 Å². The van der Waals surface area contributed by atoms with Gasteiger partial charge in [0, 0.05) is 16.0 Å². The lowest BCUT2D eigenvalue weighted by molar-refractivity contribution is -0.143. The number of rotatable bonds is 2. The summed E-state index contributed by atoms with van der Waals surface area (Å²) >= 11 is 6.00. The normalized spacial score (nSPS) is 17.2. The maximum Gasteiger partial charge on any atom is 0.313 e. The zero-order chi connectivity index (χ0) is 13.7. The summed E-state index contributed by atoms with van der Waals surface area (Å²) in [7, 11) is -3.60. The number of aliphatic carboxylic acids is 1. The molecule has 1 aromatic rings. The second-order valence-electron chi connectivity index (χ2n) is 4.62. The molecule has 1 N–H and O–H groups in total. The highest BCUT2D eigenvalue weighted by atomic mass is 35.5. The molecule has 0 amide bonds. The molecule has 0 saturated carbocycles. The summed E-state index contributed by atoms with van der Waals surface area (Å²) in [5.74, 6) is -1.10. The molecule has 1 aromatic carbocycles. The maximum atomic E-state index is 12.0. The zero-order valence-electron chi connectivity index (χ0n) is 9.77. The number of carbonyl (C=O) groups is 1. The molecule has 4 nitrogen and oxygen atoms in total. The van der Waals surface area contributed by atoms with E-state index in [9.17, 15) is 18.3 Å². The van der Waals surface area contributed by atoms with Gasteiger partial charge in [-0.15, -0.1) is 0 Å². The Labute approximate surface area is 110 Å². The van der Waals surface area contributed by atoms with Gasteiger partial charge in [-0.2, -0.15) is 0 Å². The maximum absolute atomic E-state index is 12.0. The topological polar surface area (TPSA) is 71.4 Å². The first-order valence-corrected chi connectivity index (χ1v) is 7.10. The molecule has 1 aliphatic rings. The second kappa shape index (κ2) is 3.83. The van der Waals surface area contributed by atoms with E-state index in [0.29, 0.717) is 5.56 Å². The number of carboxylic acids is 1. The van der Waals surface area contributed by atoms with Crippen molar-refractivity contribution in [1.82, 2.24) is 0 Å². The molecule has 0 spiro atoms. The van der Waals surface area contributed by atoms with E-state index in [1.54, 1.807) is 6.07 Å².